The number of aliphatic imine (C=N–C) groups is 1. The van der Waals surface area contributed by atoms with Crippen LogP contribution in [0, 0.1) is 0 Å². The summed E-state index contributed by atoms with van der Waals surface area (Å²) in [6.07, 6.45) is 4.82. The number of guanidine groups is 1. The zero-order valence-corrected chi connectivity index (χ0v) is 19.2. The summed E-state index contributed by atoms with van der Waals surface area (Å²) in [7, 11) is 1.87. The van der Waals surface area contributed by atoms with Gasteiger partial charge in [-0.1, -0.05) is 44.2 Å². The lowest BCUT2D eigenvalue weighted by molar-refractivity contribution is 0.0532. The van der Waals surface area contributed by atoms with Crippen LogP contribution < -0.4 is 10.6 Å². The molecule has 1 aromatic carbocycles. The SMILES string of the molecule is CCC(CC)(CNC(=NC)NC1CCN(CCOC(C)C)CC1)c1ccccc1. The van der Waals surface area contributed by atoms with E-state index < -0.39 is 0 Å². The largest absolute Gasteiger partial charge is 0.377 e. The van der Waals surface area contributed by atoms with Gasteiger partial charge in [0.2, 0.25) is 0 Å². The summed E-state index contributed by atoms with van der Waals surface area (Å²) in [4.78, 5) is 7.00. The monoisotopic (exact) mass is 402 g/mol. The molecule has 0 atom stereocenters. The number of piperidine rings is 1. The van der Waals surface area contributed by atoms with Crippen molar-refractivity contribution in [3.05, 3.63) is 35.9 Å². The van der Waals surface area contributed by atoms with Gasteiger partial charge in [0.1, 0.15) is 0 Å². The third-order valence-corrected chi connectivity index (χ3v) is 6.34. The molecule has 5 heteroatoms. The Labute approximate surface area is 178 Å². The predicted octanol–water partition coefficient (Wildman–Crippen LogP) is 3.80. The second-order valence-electron chi connectivity index (χ2n) is 8.46. The molecule has 1 aliphatic rings. The normalized spacial score (nSPS) is 17.0. The summed E-state index contributed by atoms with van der Waals surface area (Å²) in [5.74, 6) is 0.925. The van der Waals surface area contributed by atoms with Crippen molar-refractivity contribution < 1.29 is 4.74 Å². The Hall–Kier alpha value is -1.59. The summed E-state index contributed by atoms with van der Waals surface area (Å²) < 4.78 is 5.69. The second-order valence-corrected chi connectivity index (χ2v) is 8.46. The van der Waals surface area contributed by atoms with Gasteiger partial charge in [0.15, 0.2) is 5.96 Å². The highest BCUT2D eigenvalue weighted by Crippen LogP contribution is 2.30. The molecule has 2 N–H and O–H groups in total. The quantitative estimate of drug-likeness (QED) is 0.462. The molecule has 0 saturated carbocycles. The van der Waals surface area contributed by atoms with E-state index in [1.807, 2.05) is 7.05 Å². The van der Waals surface area contributed by atoms with E-state index in [-0.39, 0.29) is 5.41 Å². The number of hydrogen-bond donors (Lipinski definition) is 2. The molecule has 1 aliphatic heterocycles. The van der Waals surface area contributed by atoms with E-state index in [1.54, 1.807) is 0 Å². The molecule has 0 bridgehead atoms. The summed E-state index contributed by atoms with van der Waals surface area (Å²) >= 11 is 0. The maximum Gasteiger partial charge on any atom is 0.191 e. The first kappa shape index (κ1) is 23.7. The molecule has 0 radical (unpaired) electrons. The highest BCUT2D eigenvalue weighted by molar-refractivity contribution is 5.80. The Morgan fingerprint density at radius 1 is 1.17 bits per heavy atom. The van der Waals surface area contributed by atoms with Gasteiger partial charge in [-0.05, 0) is 45.1 Å². The zero-order chi connectivity index (χ0) is 21.1. The Bertz CT molecular complexity index is 590. The molecule has 2 rings (SSSR count). The fourth-order valence-electron chi connectivity index (χ4n) is 4.16. The van der Waals surface area contributed by atoms with E-state index in [2.05, 4.69) is 78.6 Å². The maximum atomic E-state index is 5.69. The molecule has 1 aromatic rings. The van der Waals surface area contributed by atoms with Gasteiger partial charge in [-0.25, -0.2) is 0 Å². The lowest BCUT2D eigenvalue weighted by atomic mass is 9.76. The van der Waals surface area contributed by atoms with Crippen LogP contribution in [-0.4, -0.2) is 62.8 Å². The summed E-state index contributed by atoms with van der Waals surface area (Å²) in [6.45, 7) is 13.8. The van der Waals surface area contributed by atoms with Crippen LogP contribution >= 0.6 is 0 Å². The minimum absolute atomic E-state index is 0.138. The Balaban J connectivity index is 1.82. The van der Waals surface area contributed by atoms with E-state index in [0.29, 0.717) is 12.1 Å². The molecule has 5 nitrogen and oxygen atoms in total. The maximum absolute atomic E-state index is 5.69. The third-order valence-electron chi connectivity index (χ3n) is 6.34. The molecule has 1 fully saturated rings. The first-order chi connectivity index (χ1) is 14.0. The van der Waals surface area contributed by atoms with Crippen LogP contribution in [0.2, 0.25) is 0 Å². The number of likely N-dealkylation sites (tertiary alicyclic amines) is 1. The topological polar surface area (TPSA) is 48.9 Å². The Morgan fingerprint density at radius 3 is 2.38 bits per heavy atom. The fraction of sp³-hybridized carbons (Fsp3) is 0.708. The number of hydrogen-bond acceptors (Lipinski definition) is 3. The smallest absolute Gasteiger partial charge is 0.191 e. The van der Waals surface area contributed by atoms with Crippen LogP contribution in [0.3, 0.4) is 0 Å². The van der Waals surface area contributed by atoms with E-state index in [9.17, 15) is 0 Å². The van der Waals surface area contributed by atoms with Gasteiger partial charge < -0.3 is 20.3 Å². The van der Waals surface area contributed by atoms with Crippen LogP contribution in [0.4, 0.5) is 0 Å². The van der Waals surface area contributed by atoms with E-state index >= 15 is 0 Å². The molecule has 1 saturated heterocycles. The standard InChI is InChI=1S/C24H42N4O/c1-6-24(7-2,21-11-9-8-10-12-21)19-26-23(25-5)27-22-13-15-28(16-14-22)17-18-29-20(3)4/h8-12,20,22H,6-7,13-19H2,1-5H3,(H2,25,26,27). The number of nitrogens with one attached hydrogen (secondary N) is 2. The van der Waals surface area contributed by atoms with Gasteiger partial charge in [-0.2, -0.15) is 0 Å². The predicted molar refractivity (Wildman–Crippen MR) is 124 cm³/mol. The highest BCUT2D eigenvalue weighted by atomic mass is 16.5. The van der Waals surface area contributed by atoms with Gasteiger partial charge in [-0.3, -0.25) is 4.99 Å². The van der Waals surface area contributed by atoms with Crippen LogP contribution in [0.1, 0.15) is 58.9 Å². The lowest BCUT2D eigenvalue weighted by Crippen LogP contribution is -2.51. The molecule has 1 heterocycles. The van der Waals surface area contributed by atoms with Gasteiger partial charge in [-0.15, -0.1) is 0 Å². The average Bonchev–Trinajstić information content (AvgIpc) is 2.75. The van der Waals surface area contributed by atoms with E-state index in [4.69, 9.17) is 4.74 Å². The average molecular weight is 403 g/mol. The molecule has 29 heavy (non-hydrogen) atoms. The van der Waals surface area contributed by atoms with Gasteiger partial charge in [0, 0.05) is 44.7 Å². The second kappa shape index (κ2) is 12.2. The summed E-state index contributed by atoms with van der Waals surface area (Å²) in [5.41, 5.74) is 1.54. The van der Waals surface area contributed by atoms with Crippen molar-refractivity contribution >= 4 is 5.96 Å². The molecular weight excluding hydrogens is 360 g/mol. The van der Waals surface area contributed by atoms with Gasteiger partial charge in [0.05, 0.1) is 12.7 Å². The number of rotatable bonds is 10. The number of nitrogens with zero attached hydrogens (tertiary/aromatic N) is 2. The minimum Gasteiger partial charge on any atom is -0.377 e. The minimum atomic E-state index is 0.138. The van der Waals surface area contributed by atoms with Crippen LogP contribution in [0.15, 0.2) is 35.3 Å². The lowest BCUT2D eigenvalue weighted by Gasteiger charge is -2.35. The van der Waals surface area contributed by atoms with Crippen molar-refractivity contribution in [3.8, 4) is 0 Å². The molecule has 0 aliphatic carbocycles. The summed E-state index contributed by atoms with van der Waals surface area (Å²) in [6, 6.07) is 11.4. The first-order valence-corrected chi connectivity index (χ1v) is 11.4. The Kier molecular flexibility index (Phi) is 9.95. The van der Waals surface area contributed by atoms with E-state index in [1.165, 1.54) is 5.56 Å². The summed E-state index contributed by atoms with van der Waals surface area (Å²) in [5, 5.41) is 7.27. The molecule has 0 unspecified atom stereocenters. The molecule has 0 spiro atoms. The number of ether oxygens (including phenoxy) is 1. The van der Waals surface area contributed by atoms with Crippen LogP contribution in [0.5, 0.6) is 0 Å². The van der Waals surface area contributed by atoms with Crippen molar-refractivity contribution in [1.29, 1.82) is 0 Å². The zero-order valence-electron chi connectivity index (χ0n) is 19.2. The van der Waals surface area contributed by atoms with E-state index in [0.717, 1.165) is 64.4 Å². The van der Waals surface area contributed by atoms with Crippen molar-refractivity contribution in [3.63, 3.8) is 0 Å². The first-order valence-electron chi connectivity index (χ1n) is 11.4. The molecule has 164 valence electrons. The highest BCUT2D eigenvalue weighted by Gasteiger charge is 2.29. The molecule has 0 aromatic heterocycles. The third kappa shape index (κ3) is 7.31. The molecule has 0 amide bonds. The van der Waals surface area contributed by atoms with Crippen molar-refractivity contribution in [2.75, 3.05) is 39.8 Å². The van der Waals surface area contributed by atoms with Crippen molar-refractivity contribution in [2.24, 2.45) is 4.99 Å². The Morgan fingerprint density at radius 2 is 1.83 bits per heavy atom. The molecular formula is C24H42N4O. The van der Waals surface area contributed by atoms with Crippen LogP contribution in [-0.2, 0) is 10.2 Å². The van der Waals surface area contributed by atoms with Gasteiger partial charge >= 0.3 is 0 Å². The van der Waals surface area contributed by atoms with Crippen molar-refractivity contribution in [2.45, 2.75) is 70.9 Å². The fourth-order valence-corrected chi connectivity index (χ4v) is 4.16. The van der Waals surface area contributed by atoms with Crippen LogP contribution in [0.25, 0.3) is 0 Å². The number of benzene rings is 1. The van der Waals surface area contributed by atoms with Crippen molar-refractivity contribution in [1.82, 2.24) is 15.5 Å². The van der Waals surface area contributed by atoms with Gasteiger partial charge in [0.25, 0.3) is 0 Å².